The second-order valence-corrected chi connectivity index (χ2v) is 8.68. The predicted molar refractivity (Wildman–Crippen MR) is 121 cm³/mol. The number of likely N-dealkylation sites (tertiary alicyclic amines) is 1. The van der Waals surface area contributed by atoms with Gasteiger partial charge in [-0.05, 0) is 49.7 Å². The summed E-state index contributed by atoms with van der Waals surface area (Å²) in [7, 11) is 0. The summed E-state index contributed by atoms with van der Waals surface area (Å²) in [6, 6.07) is 6.18. The smallest absolute Gasteiger partial charge is 0.219 e. The van der Waals surface area contributed by atoms with Gasteiger partial charge in [-0.1, -0.05) is 17.7 Å². The minimum atomic E-state index is 0.156. The molecule has 2 aliphatic rings. The number of carbonyl (C=O) groups is 1. The van der Waals surface area contributed by atoms with Gasteiger partial charge in [0.15, 0.2) is 5.11 Å². The van der Waals surface area contributed by atoms with Crippen molar-refractivity contribution in [1.82, 2.24) is 9.80 Å². The molecule has 8 heteroatoms. The van der Waals surface area contributed by atoms with Gasteiger partial charge >= 0.3 is 0 Å². The number of quaternary nitrogens is 1. The van der Waals surface area contributed by atoms with Crippen molar-refractivity contribution in [2.75, 3.05) is 57.8 Å². The average Bonchev–Trinajstić information content (AvgIpc) is 2.73. The van der Waals surface area contributed by atoms with Crippen LogP contribution in [0.5, 0.6) is 0 Å². The van der Waals surface area contributed by atoms with Crippen molar-refractivity contribution in [2.45, 2.75) is 32.7 Å². The molecule has 2 saturated heterocycles. The topological polar surface area (TPSA) is 49.3 Å². The largest absolute Gasteiger partial charge is 0.370 e. The number of nitrogens with zero attached hydrogens (tertiary/aromatic N) is 2. The number of nitrogens with one attached hydrogen (secondary N) is 2. The molecule has 160 valence electrons. The van der Waals surface area contributed by atoms with Crippen LogP contribution in [0.2, 0.25) is 5.02 Å². The highest BCUT2D eigenvalue weighted by Crippen LogP contribution is 2.24. The van der Waals surface area contributed by atoms with Gasteiger partial charge in [0.25, 0.3) is 0 Å². The fraction of sp³-hybridized carbons (Fsp3) is 0.619. The van der Waals surface area contributed by atoms with Crippen LogP contribution >= 0.6 is 23.8 Å². The van der Waals surface area contributed by atoms with E-state index < -0.39 is 0 Å². The van der Waals surface area contributed by atoms with Gasteiger partial charge < -0.3 is 24.8 Å². The first-order chi connectivity index (χ1) is 14.0. The maximum absolute atomic E-state index is 11.7. The van der Waals surface area contributed by atoms with E-state index in [0.29, 0.717) is 6.04 Å². The summed E-state index contributed by atoms with van der Waals surface area (Å²) in [6.45, 7) is 10.9. The molecule has 3 rings (SSSR count). The van der Waals surface area contributed by atoms with E-state index in [9.17, 15) is 4.79 Å². The summed E-state index contributed by atoms with van der Waals surface area (Å²) in [6.07, 6.45) is 1.88. The van der Waals surface area contributed by atoms with Crippen LogP contribution in [0.15, 0.2) is 18.2 Å². The highest BCUT2D eigenvalue weighted by molar-refractivity contribution is 7.80. The minimum Gasteiger partial charge on any atom is -0.370 e. The van der Waals surface area contributed by atoms with E-state index in [1.165, 1.54) is 0 Å². The van der Waals surface area contributed by atoms with Crippen molar-refractivity contribution in [2.24, 2.45) is 0 Å². The molecule has 2 N–H and O–H groups in total. The summed E-state index contributed by atoms with van der Waals surface area (Å²) < 4.78 is 5.49. The van der Waals surface area contributed by atoms with Crippen LogP contribution in [0.4, 0.5) is 5.69 Å². The first-order valence-corrected chi connectivity index (χ1v) is 11.2. The third kappa shape index (κ3) is 6.04. The third-order valence-corrected chi connectivity index (χ3v) is 6.77. The molecule has 6 nitrogen and oxygen atoms in total. The Bertz CT molecular complexity index is 719. The first-order valence-electron chi connectivity index (χ1n) is 10.4. The zero-order chi connectivity index (χ0) is 20.8. The zero-order valence-corrected chi connectivity index (χ0v) is 19.0. The van der Waals surface area contributed by atoms with Gasteiger partial charge in [-0.15, -0.1) is 0 Å². The fourth-order valence-electron chi connectivity index (χ4n) is 4.06. The molecule has 0 atom stereocenters. The molecule has 0 spiro atoms. The van der Waals surface area contributed by atoms with Gasteiger partial charge in [-0.3, -0.25) is 4.79 Å². The number of piperidine rings is 1. The summed E-state index contributed by atoms with van der Waals surface area (Å²) in [5, 5.41) is 4.90. The number of amides is 1. The van der Waals surface area contributed by atoms with Gasteiger partial charge in [-0.25, -0.2) is 0 Å². The lowest BCUT2D eigenvalue weighted by Gasteiger charge is -2.40. The number of ether oxygens (including phenoxy) is 1. The predicted octanol–water partition coefficient (Wildman–Crippen LogP) is 1.57. The number of hydrogen-bond acceptors (Lipinski definition) is 3. The van der Waals surface area contributed by atoms with Crippen LogP contribution in [0.3, 0.4) is 0 Å². The molecule has 0 bridgehead atoms. The van der Waals surface area contributed by atoms with E-state index >= 15 is 0 Å². The lowest BCUT2D eigenvalue weighted by molar-refractivity contribution is -0.907. The van der Waals surface area contributed by atoms with E-state index in [4.69, 9.17) is 28.6 Å². The number of hydrogen-bond donors (Lipinski definition) is 2. The maximum Gasteiger partial charge on any atom is 0.219 e. The number of rotatable bonds is 5. The van der Waals surface area contributed by atoms with E-state index in [1.807, 2.05) is 30.0 Å². The molecule has 2 fully saturated rings. The number of thiocarbonyl (C=S) groups is 1. The highest BCUT2D eigenvalue weighted by atomic mass is 35.5. The molecule has 0 aliphatic carbocycles. The van der Waals surface area contributed by atoms with Crippen molar-refractivity contribution < 1.29 is 14.4 Å². The number of morpholine rings is 1. The number of carbonyl (C=O) groups excluding carboxylic acids is 1. The van der Waals surface area contributed by atoms with E-state index in [0.717, 1.165) is 86.7 Å². The summed E-state index contributed by atoms with van der Waals surface area (Å²) in [4.78, 5) is 17.5. The molecule has 1 aromatic carbocycles. The monoisotopic (exact) mass is 439 g/mol. The second kappa shape index (κ2) is 10.6. The van der Waals surface area contributed by atoms with Gasteiger partial charge in [0.05, 0.1) is 26.3 Å². The Morgan fingerprint density at radius 1 is 1.34 bits per heavy atom. The van der Waals surface area contributed by atoms with Crippen LogP contribution in [-0.4, -0.2) is 79.3 Å². The van der Waals surface area contributed by atoms with Crippen molar-refractivity contribution in [3.63, 3.8) is 0 Å². The minimum absolute atomic E-state index is 0.156. The second-order valence-electron chi connectivity index (χ2n) is 7.89. The van der Waals surface area contributed by atoms with Crippen LogP contribution in [0.1, 0.15) is 25.3 Å². The molecule has 0 aromatic heterocycles. The van der Waals surface area contributed by atoms with Gasteiger partial charge in [0.2, 0.25) is 5.91 Å². The van der Waals surface area contributed by atoms with Crippen LogP contribution < -0.4 is 10.2 Å². The van der Waals surface area contributed by atoms with Gasteiger partial charge in [-0.2, -0.15) is 0 Å². The molecule has 0 unspecified atom stereocenters. The molecular weight excluding hydrogens is 408 g/mol. The summed E-state index contributed by atoms with van der Waals surface area (Å²) in [5.74, 6) is 0.156. The zero-order valence-electron chi connectivity index (χ0n) is 17.4. The number of halogens is 1. The highest BCUT2D eigenvalue weighted by Gasteiger charge is 2.28. The number of benzene rings is 1. The normalized spacial score (nSPS) is 18.5. The quantitative estimate of drug-likeness (QED) is 0.682. The molecule has 2 aliphatic heterocycles. The Morgan fingerprint density at radius 3 is 2.69 bits per heavy atom. The van der Waals surface area contributed by atoms with Crippen molar-refractivity contribution in [3.8, 4) is 0 Å². The Labute approximate surface area is 184 Å². The van der Waals surface area contributed by atoms with Gasteiger partial charge in [0, 0.05) is 36.8 Å². The Hall–Kier alpha value is -1.41. The van der Waals surface area contributed by atoms with Crippen LogP contribution in [0.25, 0.3) is 0 Å². The third-order valence-electron chi connectivity index (χ3n) is 6.03. The Morgan fingerprint density at radius 2 is 2.03 bits per heavy atom. The van der Waals surface area contributed by atoms with Crippen LogP contribution in [-0.2, 0) is 9.53 Å². The van der Waals surface area contributed by atoms with E-state index in [1.54, 1.807) is 11.8 Å². The molecule has 1 aromatic rings. The SMILES string of the molecule is CC(=O)N1CCC(N(CC[NH+]2CCOCC2)C(=S)Nc2cccc(Cl)c2C)CC1. The van der Waals surface area contributed by atoms with Crippen molar-refractivity contribution >= 4 is 40.5 Å². The van der Waals surface area contributed by atoms with Gasteiger partial charge in [0.1, 0.15) is 13.1 Å². The molecular formula is C21H32ClN4O2S+. The molecule has 2 heterocycles. The molecule has 0 radical (unpaired) electrons. The fourth-order valence-corrected chi connectivity index (χ4v) is 4.59. The lowest BCUT2D eigenvalue weighted by Crippen LogP contribution is -3.14. The van der Waals surface area contributed by atoms with Crippen molar-refractivity contribution in [3.05, 3.63) is 28.8 Å². The average molecular weight is 440 g/mol. The molecule has 29 heavy (non-hydrogen) atoms. The first kappa shape index (κ1) is 22.3. The molecule has 1 amide bonds. The Kier molecular flexibility index (Phi) is 8.12. The van der Waals surface area contributed by atoms with E-state index in [-0.39, 0.29) is 5.91 Å². The van der Waals surface area contributed by atoms with Crippen LogP contribution in [0, 0.1) is 6.92 Å². The standard InChI is InChI=1S/C21H31ClN4O2S/c1-16-19(22)4-3-5-20(16)23-21(29)26(11-10-24-12-14-28-15-13-24)18-6-8-25(9-7-18)17(2)27/h3-5,18H,6-15H2,1-2H3,(H,23,29)/p+1. The molecule has 0 saturated carbocycles. The summed E-state index contributed by atoms with van der Waals surface area (Å²) in [5.41, 5.74) is 1.95. The van der Waals surface area contributed by atoms with Crippen molar-refractivity contribution in [1.29, 1.82) is 0 Å². The lowest BCUT2D eigenvalue weighted by atomic mass is 10.0. The maximum atomic E-state index is 11.7. The summed E-state index contributed by atoms with van der Waals surface area (Å²) >= 11 is 12.1. The van der Waals surface area contributed by atoms with E-state index in [2.05, 4.69) is 10.2 Å². The number of anilines is 1. The Balaban J connectivity index is 1.68.